The molecule has 2 N–H and O–H groups in total. The highest BCUT2D eigenvalue weighted by Crippen LogP contribution is 2.36. The van der Waals surface area contributed by atoms with Crippen molar-refractivity contribution in [3.63, 3.8) is 0 Å². The summed E-state index contributed by atoms with van der Waals surface area (Å²) in [6.45, 7) is 5.64. The van der Waals surface area contributed by atoms with Gasteiger partial charge in [0.2, 0.25) is 10.0 Å². The van der Waals surface area contributed by atoms with Crippen molar-refractivity contribution >= 4 is 10.0 Å². The number of hydrogen-bond donors (Lipinski definition) is 1. The second kappa shape index (κ2) is 4.86. The molecule has 0 aliphatic heterocycles. The standard InChI is InChI=1S/C12H26N2O2S/c1-11(2,3)17(15,16)14(4)12(10-13)8-6-5-7-9-12/h5-10,13H2,1-4H3. The minimum atomic E-state index is -3.29. The van der Waals surface area contributed by atoms with Gasteiger partial charge in [0.15, 0.2) is 0 Å². The Balaban J connectivity index is 3.05. The Hall–Kier alpha value is -0.130. The Bertz CT molecular complexity index is 351. The first kappa shape index (κ1) is 14.9. The van der Waals surface area contributed by atoms with Gasteiger partial charge < -0.3 is 5.73 Å². The Kier molecular flexibility index (Phi) is 4.27. The van der Waals surface area contributed by atoms with Crippen molar-refractivity contribution in [1.82, 2.24) is 4.31 Å². The van der Waals surface area contributed by atoms with Crippen LogP contribution < -0.4 is 5.73 Å². The highest BCUT2D eigenvalue weighted by Gasteiger charge is 2.45. The van der Waals surface area contributed by atoms with Crippen LogP contribution in [0.3, 0.4) is 0 Å². The van der Waals surface area contributed by atoms with Gasteiger partial charge in [-0.25, -0.2) is 8.42 Å². The maximum Gasteiger partial charge on any atom is 0.219 e. The van der Waals surface area contributed by atoms with Crippen LogP contribution in [0.25, 0.3) is 0 Å². The first-order chi connectivity index (χ1) is 7.67. The number of likely N-dealkylation sites (N-methyl/N-ethyl adjacent to an activating group) is 1. The second-order valence-electron chi connectivity index (χ2n) is 6.07. The second-order valence-corrected chi connectivity index (χ2v) is 8.80. The van der Waals surface area contributed by atoms with Gasteiger partial charge >= 0.3 is 0 Å². The summed E-state index contributed by atoms with van der Waals surface area (Å²) >= 11 is 0. The van der Waals surface area contributed by atoms with Crippen LogP contribution >= 0.6 is 0 Å². The van der Waals surface area contributed by atoms with Gasteiger partial charge in [-0.15, -0.1) is 0 Å². The predicted octanol–water partition coefficient (Wildman–Crippen LogP) is 1.71. The van der Waals surface area contributed by atoms with Crippen LogP contribution in [0.15, 0.2) is 0 Å². The van der Waals surface area contributed by atoms with Crippen molar-refractivity contribution in [2.45, 2.75) is 63.2 Å². The predicted molar refractivity (Wildman–Crippen MR) is 71.3 cm³/mol. The Morgan fingerprint density at radius 2 is 1.65 bits per heavy atom. The van der Waals surface area contributed by atoms with Crippen LogP contribution in [0.1, 0.15) is 52.9 Å². The summed E-state index contributed by atoms with van der Waals surface area (Å²) in [6.07, 6.45) is 5.10. The third kappa shape index (κ3) is 2.66. The zero-order valence-corrected chi connectivity index (χ0v) is 12.3. The first-order valence-corrected chi connectivity index (χ1v) is 7.80. The van der Waals surface area contributed by atoms with Gasteiger partial charge in [-0.1, -0.05) is 19.3 Å². The van der Waals surface area contributed by atoms with E-state index in [-0.39, 0.29) is 5.54 Å². The zero-order valence-electron chi connectivity index (χ0n) is 11.5. The van der Waals surface area contributed by atoms with Crippen molar-refractivity contribution in [2.24, 2.45) is 5.73 Å². The molecule has 102 valence electrons. The van der Waals surface area contributed by atoms with Gasteiger partial charge in [0.05, 0.1) is 4.75 Å². The number of sulfonamides is 1. The molecule has 1 aliphatic carbocycles. The molecule has 0 aromatic carbocycles. The smallest absolute Gasteiger partial charge is 0.219 e. The van der Waals surface area contributed by atoms with E-state index in [9.17, 15) is 8.42 Å². The van der Waals surface area contributed by atoms with E-state index in [4.69, 9.17) is 5.73 Å². The largest absolute Gasteiger partial charge is 0.329 e. The molecule has 5 heteroatoms. The molecule has 0 radical (unpaired) electrons. The van der Waals surface area contributed by atoms with Crippen LogP contribution in [0.5, 0.6) is 0 Å². The topological polar surface area (TPSA) is 63.4 Å². The lowest BCUT2D eigenvalue weighted by atomic mass is 9.82. The van der Waals surface area contributed by atoms with Crippen molar-refractivity contribution in [1.29, 1.82) is 0 Å². The van der Waals surface area contributed by atoms with E-state index in [2.05, 4.69) is 0 Å². The number of hydrogen-bond acceptors (Lipinski definition) is 3. The summed E-state index contributed by atoms with van der Waals surface area (Å²) in [7, 11) is -1.60. The van der Waals surface area contributed by atoms with Crippen molar-refractivity contribution in [3.05, 3.63) is 0 Å². The fraction of sp³-hybridized carbons (Fsp3) is 1.00. The summed E-state index contributed by atoms with van der Waals surface area (Å²) in [6, 6.07) is 0. The van der Waals surface area contributed by atoms with Crippen LogP contribution in [0.4, 0.5) is 0 Å². The molecular weight excluding hydrogens is 236 g/mol. The average Bonchev–Trinajstić information content (AvgIpc) is 2.27. The SMILES string of the molecule is CN(C1(CN)CCCCC1)S(=O)(=O)C(C)(C)C. The van der Waals surface area contributed by atoms with Crippen LogP contribution in [0, 0.1) is 0 Å². The molecular formula is C12H26N2O2S. The van der Waals surface area contributed by atoms with Crippen molar-refractivity contribution in [2.75, 3.05) is 13.6 Å². The number of rotatable bonds is 3. The van der Waals surface area contributed by atoms with Crippen molar-refractivity contribution < 1.29 is 8.42 Å². The molecule has 0 bridgehead atoms. The van der Waals surface area contributed by atoms with E-state index in [1.807, 2.05) is 0 Å². The van der Waals surface area contributed by atoms with Gasteiger partial charge in [0, 0.05) is 19.1 Å². The molecule has 17 heavy (non-hydrogen) atoms. The monoisotopic (exact) mass is 262 g/mol. The summed E-state index contributed by atoms with van der Waals surface area (Å²) in [4.78, 5) is 0. The van der Waals surface area contributed by atoms with Gasteiger partial charge in [-0.3, -0.25) is 0 Å². The molecule has 1 fully saturated rings. The number of nitrogens with two attached hydrogens (primary N) is 1. The maximum absolute atomic E-state index is 12.5. The molecule has 0 spiro atoms. The minimum Gasteiger partial charge on any atom is -0.329 e. The highest BCUT2D eigenvalue weighted by molar-refractivity contribution is 7.90. The van der Waals surface area contributed by atoms with E-state index >= 15 is 0 Å². The van der Waals surface area contributed by atoms with Gasteiger partial charge in [0.1, 0.15) is 0 Å². The van der Waals surface area contributed by atoms with Crippen LogP contribution in [-0.4, -0.2) is 36.6 Å². The molecule has 1 saturated carbocycles. The van der Waals surface area contributed by atoms with Gasteiger partial charge in [-0.05, 0) is 33.6 Å². The molecule has 0 aromatic heterocycles. The van der Waals surface area contributed by atoms with E-state index in [0.717, 1.165) is 25.7 Å². The minimum absolute atomic E-state index is 0.357. The van der Waals surface area contributed by atoms with E-state index in [1.54, 1.807) is 32.1 Å². The summed E-state index contributed by atoms with van der Waals surface area (Å²) < 4.78 is 25.8. The zero-order chi connectivity index (χ0) is 13.3. The first-order valence-electron chi connectivity index (χ1n) is 6.36. The number of nitrogens with zero attached hydrogens (tertiary/aromatic N) is 1. The third-order valence-corrected chi connectivity index (χ3v) is 6.62. The fourth-order valence-corrected chi connectivity index (χ4v) is 4.11. The Labute approximate surface area is 106 Å². The lowest BCUT2D eigenvalue weighted by Gasteiger charge is -2.45. The third-order valence-electron chi connectivity index (χ3n) is 3.97. The Morgan fingerprint density at radius 1 is 1.18 bits per heavy atom. The molecule has 0 aromatic rings. The molecule has 0 unspecified atom stereocenters. The quantitative estimate of drug-likeness (QED) is 0.842. The summed E-state index contributed by atoms with van der Waals surface area (Å²) in [5.41, 5.74) is 5.52. The van der Waals surface area contributed by atoms with Gasteiger partial charge in [0.25, 0.3) is 0 Å². The maximum atomic E-state index is 12.5. The average molecular weight is 262 g/mol. The summed E-state index contributed by atoms with van der Waals surface area (Å²) in [5, 5.41) is 0. The molecule has 0 saturated heterocycles. The molecule has 0 amide bonds. The van der Waals surface area contributed by atoms with Crippen LogP contribution in [-0.2, 0) is 10.0 Å². The van der Waals surface area contributed by atoms with E-state index in [0.29, 0.717) is 6.54 Å². The van der Waals surface area contributed by atoms with Gasteiger partial charge in [-0.2, -0.15) is 4.31 Å². The molecule has 1 aliphatic rings. The highest BCUT2D eigenvalue weighted by atomic mass is 32.2. The lowest BCUT2D eigenvalue weighted by Crippen LogP contribution is -2.58. The lowest BCUT2D eigenvalue weighted by molar-refractivity contribution is 0.156. The molecule has 0 heterocycles. The normalized spacial score (nSPS) is 21.8. The Morgan fingerprint density at radius 3 is 2.00 bits per heavy atom. The summed E-state index contributed by atoms with van der Waals surface area (Å²) in [5.74, 6) is 0. The van der Waals surface area contributed by atoms with Crippen LogP contribution in [0.2, 0.25) is 0 Å². The fourth-order valence-electron chi connectivity index (χ4n) is 2.52. The van der Waals surface area contributed by atoms with Crippen molar-refractivity contribution in [3.8, 4) is 0 Å². The van der Waals surface area contributed by atoms with E-state index < -0.39 is 14.8 Å². The van der Waals surface area contributed by atoms with E-state index in [1.165, 1.54) is 6.42 Å². The molecule has 0 atom stereocenters. The molecule has 1 rings (SSSR count). The molecule has 4 nitrogen and oxygen atoms in total.